The summed E-state index contributed by atoms with van der Waals surface area (Å²) < 4.78 is 2.18. The molecule has 2 saturated heterocycles. The third-order valence-electron chi connectivity index (χ3n) is 4.49. The van der Waals surface area contributed by atoms with Crippen LogP contribution in [0.25, 0.3) is 0 Å². The molecule has 0 aromatic carbocycles. The highest BCUT2D eigenvalue weighted by molar-refractivity contribution is 5.45. The molecule has 2 aliphatic heterocycles. The molecule has 0 saturated carbocycles. The van der Waals surface area contributed by atoms with Crippen molar-refractivity contribution in [1.29, 1.82) is 0 Å². The molecule has 0 spiro atoms. The summed E-state index contributed by atoms with van der Waals surface area (Å²) in [5, 5.41) is 7.96. The monoisotopic (exact) mass is 248 g/mol. The van der Waals surface area contributed by atoms with Crippen LogP contribution in [0.4, 0.5) is 5.69 Å². The molecule has 1 aromatic heterocycles. The molecule has 1 aromatic rings. The van der Waals surface area contributed by atoms with Gasteiger partial charge in [-0.2, -0.15) is 5.10 Å². The highest BCUT2D eigenvalue weighted by Crippen LogP contribution is 2.29. The smallest absolute Gasteiger partial charge is 0.0752 e. The van der Waals surface area contributed by atoms with Crippen LogP contribution in [0.1, 0.15) is 32.7 Å². The van der Waals surface area contributed by atoms with Crippen molar-refractivity contribution in [3.63, 3.8) is 0 Å². The zero-order valence-corrected chi connectivity index (χ0v) is 11.5. The van der Waals surface area contributed by atoms with Gasteiger partial charge in [0.15, 0.2) is 0 Å². The van der Waals surface area contributed by atoms with E-state index in [1.807, 2.05) is 6.20 Å². The normalized spacial score (nSPS) is 22.5. The van der Waals surface area contributed by atoms with Crippen LogP contribution in [0, 0.1) is 11.8 Å². The van der Waals surface area contributed by atoms with E-state index in [4.69, 9.17) is 0 Å². The largest absolute Gasteiger partial charge is 0.368 e. The fourth-order valence-corrected chi connectivity index (χ4v) is 2.91. The van der Waals surface area contributed by atoms with Crippen molar-refractivity contribution in [3.8, 4) is 0 Å². The van der Waals surface area contributed by atoms with E-state index in [1.54, 1.807) is 0 Å². The maximum atomic E-state index is 4.56. The predicted molar refractivity (Wildman–Crippen MR) is 73.9 cm³/mol. The van der Waals surface area contributed by atoms with Crippen molar-refractivity contribution < 1.29 is 0 Å². The third-order valence-corrected chi connectivity index (χ3v) is 4.49. The quantitative estimate of drug-likeness (QED) is 0.887. The Morgan fingerprint density at radius 3 is 2.67 bits per heavy atom. The van der Waals surface area contributed by atoms with Gasteiger partial charge in [-0.15, -0.1) is 0 Å². The van der Waals surface area contributed by atoms with Gasteiger partial charge >= 0.3 is 0 Å². The summed E-state index contributed by atoms with van der Waals surface area (Å²) in [5.74, 6) is 1.67. The molecule has 0 amide bonds. The number of piperidine rings is 1. The number of anilines is 1. The molecule has 0 aliphatic carbocycles. The van der Waals surface area contributed by atoms with E-state index in [1.165, 1.54) is 31.6 Å². The Morgan fingerprint density at radius 1 is 1.28 bits per heavy atom. The van der Waals surface area contributed by atoms with Crippen molar-refractivity contribution in [3.05, 3.63) is 12.4 Å². The van der Waals surface area contributed by atoms with E-state index in [-0.39, 0.29) is 0 Å². The Labute approximate surface area is 109 Å². The molecule has 0 unspecified atom stereocenters. The maximum Gasteiger partial charge on any atom is 0.0752 e. The van der Waals surface area contributed by atoms with Crippen LogP contribution in [0.3, 0.4) is 0 Å². The summed E-state index contributed by atoms with van der Waals surface area (Å²) in [6.07, 6.45) is 6.69. The molecule has 2 aliphatic rings. The van der Waals surface area contributed by atoms with Crippen LogP contribution >= 0.6 is 0 Å². The minimum absolute atomic E-state index is 0.599. The molecule has 4 nitrogen and oxygen atoms in total. The summed E-state index contributed by atoms with van der Waals surface area (Å²) in [7, 11) is 0. The fraction of sp³-hybridized carbons (Fsp3) is 0.786. The highest BCUT2D eigenvalue weighted by atomic mass is 15.3. The van der Waals surface area contributed by atoms with Gasteiger partial charge in [0.2, 0.25) is 0 Å². The van der Waals surface area contributed by atoms with Gasteiger partial charge in [0.1, 0.15) is 0 Å². The summed E-state index contributed by atoms with van der Waals surface area (Å²) in [6.45, 7) is 9.30. The van der Waals surface area contributed by atoms with Crippen LogP contribution in [-0.2, 0) is 0 Å². The van der Waals surface area contributed by atoms with Gasteiger partial charge in [-0.1, -0.05) is 13.8 Å². The van der Waals surface area contributed by atoms with Gasteiger partial charge in [0, 0.05) is 19.3 Å². The predicted octanol–water partition coefficient (Wildman–Crippen LogP) is 1.90. The minimum atomic E-state index is 0.599. The average Bonchev–Trinajstić information content (AvgIpc) is 2.77. The summed E-state index contributed by atoms with van der Waals surface area (Å²) in [4.78, 5) is 2.45. The van der Waals surface area contributed by atoms with E-state index >= 15 is 0 Å². The van der Waals surface area contributed by atoms with Crippen LogP contribution in [-0.4, -0.2) is 36.0 Å². The molecule has 2 fully saturated rings. The van der Waals surface area contributed by atoms with E-state index < -0.39 is 0 Å². The lowest BCUT2D eigenvalue weighted by molar-refractivity contribution is 0.309. The van der Waals surface area contributed by atoms with Crippen molar-refractivity contribution in [2.75, 3.05) is 31.1 Å². The van der Waals surface area contributed by atoms with Crippen LogP contribution < -0.4 is 10.2 Å². The zero-order valence-electron chi connectivity index (χ0n) is 11.5. The fourth-order valence-electron chi connectivity index (χ4n) is 2.91. The lowest BCUT2D eigenvalue weighted by Gasteiger charge is -2.42. The standard InChI is InChI=1S/C14H24N4/c1-11(2)12-8-17(9-12)14-7-16-18(10-14)13-3-5-15-6-4-13/h7,10-13,15H,3-6,8-9H2,1-2H3. The van der Waals surface area contributed by atoms with Crippen molar-refractivity contribution in [2.24, 2.45) is 11.8 Å². The summed E-state index contributed by atoms with van der Waals surface area (Å²) >= 11 is 0. The Kier molecular flexibility index (Phi) is 3.29. The number of aromatic nitrogens is 2. The first-order valence-electron chi connectivity index (χ1n) is 7.24. The first-order valence-corrected chi connectivity index (χ1v) is 7.24. The van der Waals surface area contributed by atoms with Crippen LogP contribution in [0.2, 0.25) is 0 Å². The summed E-state index contributed by atoms with van der Waals surface area (Å²) in [5.41, 5.74) is 1.31. The molecule has 0 bridgehead atoms. The topological polar surface area (TPSA) is 33.1 Å². The molecule has 1 N–H and O–H groups in total. The molecule has 0 atom stereocenters. The van der Waals surface area contributed by atoms with Gasteiger partial charge in [-0.3, -0.25) is 4.68 Å². The average molecular weight is 248 g/mol. The van der Waals surface area contributed by atoms with E-state index in [0.29, 0.717) is 6.04 Å². The van der Waals surface area contributed by atoms with Gasteiger partial charge in [0.25, 0.3) is 0 Å². The molecule has 3 rings (SSSR count). The highest BCUT2D eigenvalue weighted by Gasteiger charge is 2.30. The minimum Gasteiger partial charge on any atom is -0.368 e. The van der Waals surface area contributed by atoms with Gasteiger partial charge in [-0.05, 0) is 37.8 Å². The second-order valence-corrected chi connectivity index (χ2v) is 6.07. The Balaban J connectivity index is 1.60. The van der Waals surface area contributed by atoms with E-state index in [2.05, 4.69) is 40.0 Å². The maximum absolute atomic E-state index is 4.56. The van der Waals surface area contributed by atoms with Gasteiger partial charge < -0.3 is 10.2 Å². The summed E-state index contributed by atoms with van der Waals surface area (Å²) in [6, 6.07) is 0.599. The third kappa shape index (κ3) is 2.26. The second-order valence-electron chi connectivity index (χ2n) is 6.07. The zero-order chi connectivity index (χ0) is 12.5. The van der Waals surface area contributed by atoms with E-state index in [9.17, 15) is 0 Å². The molecule has 3 heterocycles. The lowest BCUT2D eigenvalue weighted by Crippen LogP contribution is -2.48. The molecular weight excluding hydrogens is 224 g/mol. The number of nitrogens with one attached hydrogen (secondary N) is 1. The molecule has 4 heteroatoms. The SMILES string of the molecule is CC(C)C1CN(c2cnn(C3CCNCC3)c2)C1. The molecule has 18 heavy (non-hydrogen) atoms. The molecule has 0 radical (unpaired) electrons. The number of hydrogen-bond donors (Lipinski definition) is 1. The Morgan fingerprint density at radius 2 is 2.00 bits per heavy atom. The van der Waals surface area contributed by atoms with Crippen molar-refractivity contribution in [2.45, 2.75) is 32.7 Å². The Hall–Kier alpha value is -1.03. The molecule has 100 valence electrons. The first kappa shape index (κ1) is 12.0. The van der Waals surface area contributed by atoms with Crippen LogP contribution in [0.5, 0.6) is 0 Å². The van der Waals surface area contributed by atoms with Gasteiger partial charge in [-0.25, -0.2) is 0 Å². The Bertz CT molecular complexity index is 386. The van der Waals surface area contributed by atoms with Crippen LogP contribution in [0.15, 0.2) is 12.4 Å². The van der Waals surface area contributed by atoms with Crippen molar-refractivity contribution >= 4 is 5.69 Å². The van der Waals surface area contributed by atoms with Crippen molar-refractivity contribution in [1.82, 2.24) is 15.1 Å². The second kappa shape index (κ2) is 4.92. The number of nitrogens with zero attached hydrogens (tertiary/aromatic N) is 3. The molecular formula is C14H24N4. The van der Waals surface area contributed by atoms with Gasteiger partial charge in [0.05, 0.1) is 17.9 Å². The number of rotatable bonds is 3. The van der Waals surface area contributed by atoms with E-state index in [0.717, 1.165) is 24.9 Å². The first-order chi connectivity index (χ1) is 8.74. The number of hydrogen-bond acceptors (Lipinski definition) is 3. The lowest BCUT2D eigenvalue weighted by atomic mass is 9.88.